The maximum atomic E-state index is 4.72. The lowest BCUT2D eigenvalue weighted by Gasteiger charge is -2.22. The van der Waals surface area contributed by atoms with E-state index in [-0.39, 0.29) is 0 Å². The van der Waals surface area contributed by atoms with Gasteiger partial charge in [-0.1, -0.05) is 13.8 Å². The van der Waals surface area contributed by atoms with E-state index in [4.69, 9.17) is 4.99 Å². The first kappa shape index (κ1) is 19.0. The molecule has 2 aromatic rings. The highest BCUT2D eigenvalue weighted by Gasteiger charge is 2.15. The van der Waals surface area contributed by atoms with Crippen LogP contribution in [0.25, 0.3) is 0 Å². The van der Waals surface area contributed by atoms with Crippen molar-refractivity contribution in [2.75, 3.05) is 13.6 Å². The Morgan fingerprint density at radius 3 is 2.60 bits per heavy atom. The van der Waals surface area contributed by atoms with Gasteiger partial charge in [-0.15, -0.1) is 10.2 Å². The Morgan fingerprint density at radius 1 is 1.32 bits per heavy atom. The highest BCUT2D eigenvalue weighted by atomic mass is 15.3. The third-order valence-corrected chi connectivity index (χ3v) is 4.14. The van der Waals surface area contributed by atoms with Crippen molar-refractivity contribution in [3.05, 3.63) is 29.1 Å². The molecule has 25 heavy (non-hydrogen) atoms. The summed E-state index contributed by atoms with van der Waals surface area (Å²) in [6.45, 7) is 10.4. The topological polar surface area (TPSA) is 76.2 Å². The Labute approximate surface area is 150 Å². The van der Waals surface area contributed by atoms with Crippen LogP contribution >= 0.6 is 0 Å². The van der Waals surface area contributed by atoms with Crippen LogP contribution in [0.5, 0.6) is 0 Å². The third kappa shape index (κ3) is 4.58. The Kier molecular flexibility index (Phi) is 6.17. The van der Waals surface area contributed by atoms with Crippen LogP contribution in [0.3, 0.4) is 0 Å². The fourth-order valence-corrected chi connectivity index (χ4v) is 2.70. The average Bonchev–Trinajstić information content (AvgIpc) is 3.07. The molecule has 8 nitrogen and oxygen atoms in total. The normalized spacial score (nSPS) is 12.1. The monoisotopic (exact) mass is 346 g/mol. The van der Waals surface area contributed by atoms with Crippen LogP contribution in [-0.2, 0) is 27.2 Å². The SMILES string of the molecule is CCNC(=NCc1nnc(C)n1C)N(C)Cc1cn(C)nc1C(C)C. The molecule has 2 aromatic heterocycles. The number of aryl methyl sites for hydroxylation is 2. The lowest BCUT2D eigenvalue weighted by Crippen LogP contribution is -2.38. The Balaban J connectivity index is 2.16. The van der Waals surface area contributed by atoms with Crippen LogP contribution in [0.1, 0.15) is 49.6 Å². The predicted octanol–water partition coefficient (Wildman–Crippen LogP) is 1.58. The maximum absolute atomic E-state index is 4.72. The highest BCUT2D eigenvalue weighted by molar-refractivity contribution is 5.79. The summed E-state index contributed by atoms with van der Waals surface area (Å²) in [5.41, 5.74) is 2.36. The average molecular weight is 346 g/mol. The van der Waals surface area contributed by atoms with E-state index < -0.39 is 0 Å². The molecule has 2 rings (SSSR count). The van der Waals surface area contributed by atoms with Crippen LogP contribution in [0.15, 0.2) is 11.2 Å². The van der Waals surface area contributed by atoms with Crippen LogP contribution < -0.4 is 5.32 Å². The van der Waals surface area contributed by atoms with E-state index in [1.165, 1.54) is 5.56 Å². The van der Waals surface area contributed by atoms with Gasteiger partial charge in [-0.3, -0.25) is 4.68 Å². The van der Waals surface area contributed by atoms with Gasteiger partial charge in [0.25, 0.3) is 0 Å². The van der Waals surface area contributed by atoms with E-state index in [2.05, 4.69) is 52.5 Å². The predicted molar refractivity (Wildman–Crippen MR) is 99.3 cm³/mol. The number of hydrogen-bond acceptors (Lipinski definition) is 4. The van der Waals surface area contributed by atoms with Crippen molar-refractivity contribution in [3.63, 3.8) is 0 Å². The summed E-state index contributed by atoms with van der Waals surface area (Å²) in [6.07, 6.45) is 2.08. The first-order chi connectivity index (χ1) is 11.8. The summed E-state index contributed by atoms with van der Waals surface area (Å²) in [6, 6.07) is 0. The molecule has 2 heterocycles. The lowest BCUT2D eigenvalue weighted by molar-refractivity contribution is 0.472. The number of nitrogens with one attached hydrogen (secondary N) is 1. The molecule has 0 amide bonds. The fourth-order valence-electron chi connectivity index (χ4n) is 2.70. The van der Waals surface area contributed by atoms with E-state index in [1.54, 1.807) is 0 Å². The quantitative estimate of drug-likeness (QED) is 0.635. The molecule has 0 aromatic carbocycles. The van der Waals surface area contributed by atoms with Crippen molar-refractivity contribution in [1.29, 1.82) is 0 Å². The molecule has 0 saturated carbocycles. The molecule has 0 unspecified atom stereocenters. The Bertz CT molecular complexity index is 725. The van der Waals surface area contributed by atoms with Crippen LogP contribution in [0, 0.1) is 6.92 Å². The van der Waals surface area contributed by atoms with Gasteiger partial charge in [0.1, 0.15) is 12.4 Å². The summed E-state index contributed by atoms with van der Waals surface area (Å²) in [5.74, 6) is 2.98. The standard InChI is InChI=1S/C17H30N8/c1-8-18-17(19-9-15-21-20-13(4)25(15)7)23(5)10-14-11-24(6)22-16(14)12(2)3/h11-12H,8-10H2,1-7H3,(H,18,19). The first-order valence-corrected chi connectivity index (χ1v) is 8.70. The van der Waals surface area contributed by atoms with E-state index in [9.17, 15) is 0 Å². The van der Waals surface area contributed by atoms with Crippen molar-refractivity contribution < 1.29 is 0 Å². The van der Waals surface area contributed by atoms with Crippen molar-refractivity contribution in [1.82, 2.24) is 34.8 Å². The van der Waals surface area contributed by atoms with Crippen molar-refractivity contribution in [2.45, 2.75) is 46.7 Å². The molecular weight excluding hydrogens is 316 g/mol. The summed E-state index contributed by atoms with van der Waals surface area (Å²) in [5, 5.41) is 16.2. The number of aliphatic imine (C=N–C) groups is 1. The fraction of sp³-hybridized carbons (Fsp3) is 0.647. The largest absolute Gasteiger partial charge is 0.357 e. The zero-order valence-corrected chi connectivity index (χ0v) is 16.4. The van der Waals surface area contributed by atoms with Gasteiger partial charge in [-0.05, 0) is 19.8 Å². The van der Waals surface area contributed by atoms with E-state index in [1.807, 2.05) is 37.3 Å². The molecule has 1 N–H and O–H groups in total. The number of hydrogen-bond donors (Lipinski definition) is 1. The third-order valence-electron chi connectivity index (χ3n) is 4.14. The van der Waals surface area contributed by atoms with Crippen molar-refractivity contribution in [2.24, 2.45) is 19.1 Å². The zero-order chi connectivity index (χ0) is 18.6. The second kappa shape index (κ2) is 8.13. The number of rotatable bonds is 6. The molecule has 0 atom stereocenters. The van der Waals surface area contributed by atoms with Gasteiger partial charge in [-0.2, -0.15) is 5.10 Å². The number of aromatic nitrogens is 5. The van der Waals surface area contributed by atoms with Crippen molar-refractivity contribution in [3.8, 4) is 0 Å². The zero-order valence-electron chi connectivity index (χ0n) is 16.4. The van der Waals surface area contributed by atoms with Gasteiger partial charge in [0.2, 0.25) is 0 Å². The van der Waals surface area contributed by atoms with Gasteiger partial charge >= 0.3 is 0 Å². The molecule has 138 valence electrons. The van der Waals surface area contributed by atoms with E-state index >= 15 is 0 Å². The summed E-state index contributed by atoms with van der Waals surface area (Å²) in [4.78, 5) is 6.84. The van der Waals surface area contributed by atoms with Gasteiger partial charge < -0.3 is 14.8 Å². The molecule has 0 bridgehead atoms. The second-order valence-corrected chi connectivity index (χ2v) is 6.62. The molecular formula is C17H30N8. The van der Waals surface area contributed by atoms with Gasteiger partial charge in [-0.25, -0.2) is 4.99 Å². The maximum Gasteiger partial charge on any atom is 0.194 e. The lowest BCUT2D eigenvalue weighted by atomic mass is 10.1. The number of nitrogens with zero attached hydrogens (tertiary/aromatic N) is 7. The summed E-state index contributed by atoms with van der Waals surface area (Å²) < 4.78 is 3.84. The molecule has 0 aliphatic heterocycles. The van der Waals surface area contributed by atoms with E-state index in [0.29, 0.717) is 12.5 Å². The highest BCUT2D eigenvalue weighted by Crippen LogP contribution is 2.18. The summed E-state index contributed by atoms with van der Waals surface area (Å²) >= 11 is 0. The molecule has 0 radical (unpaired) electrons. The van der Waals surface area contributed by atoms with Crippen molar-refractivity contribution >= 4 is 5.96 Å². The smallest absolute Gasteiger partial charge is 0.194 e. The first-order valence-electron chi connectivity index (χ1n) is 8.70. The minimum atomic E-state index is 0.394. The molecule has 0 fully saturated rings. The molecule has 0 spiro atoms. The molecule has 0 aliphatic carbocycles. The summed E-state index contributed by atoms with van der Waals surface area (Å²) in [7, 11) is 5.97. The number of guanidine groups is 1. The van der Waals surface area contributed by atoms with E-state index in [0.717, 1.165) is 36.4 Å². The molecule has 0 aliphatic rings. The Morgan fingerprint density at radius 2 is 2.04 bits per heavy atom. The van der Waals surface area contributed by atoms with Crippen LogP contribution in [0.2, 0.25) is 0 Å². The van der Waals surface area contributed by atoms with Crippen LogP contribution in [0.4, 0.5) is 0 Å². The molecule has 8 heteroatoms. The van der Waals surface area contributed by atoms with Gasteiger partial charge in [0.15, 0.2) is 11.8 Å². The second-order valence-electron chi connectivity index (χ2n) is 6.62. The van der Waals surface area contributed by atoms with Gasteiger partial charge in [0.05, 0.1) is 5.69 Å². The Hall–Kier alpha value is -2.38. The van der Waals surface area contributed by atoms with Crippen LogP contribution in [-0.4, -0.2) is 49.0 Å². The molecule has 0 saturated heterocycles. The van der Waals surface area contributed by atoms with Gasteiger partial charge in [0, 0.05) is 46.0 Å². The minimum Gasteiger partial charge on any atom is -0.357 e. The minimum absolute atomic E-state index is 0.394.